The molecule has 0 bridgehead atoms. The van der Waals surface area contributed by atoms with E-state index in [2.05, 4.69) is 0 Å². The van der Waals surface area contributed by atoms with Crippen LogP contribution in [0.15, 0.2) is 0 Å². The molecule has 2 heterocycles. The topological polar surface area (TPSA) is 66.6 Å². The van der Waals surface area contributed by atoms with Crippen molar-refractivity contribution in [2.45, 2.75) is 69.9 Å². The van der Waals surface area contributed by atoms with E-state index in [1.807, 2.05) is 9.80 Å². The molecule has 3 fully saturated rings. The Morgan fingerprint density at radius 1 is 1.00 bits per heavy atom. The van der Waals surface area contributed by atoms with Crippen LogP contribution in [0.1, 0.15) is 57.8 Å². The number of carbonyl (C=O) groups excluding carboxylic acids is 2. The Morgan fingerprint density at radius 2 is 1.73 bits per heavy atom. The predicted molar refractivity (Wildman–Crippen MR) is 85.1 cm³/mol. The van der Waals surface area contributed by atoms with Gasteiger partial charge in [0.2, 0.25) is 11.8 Å². The van der Waals surface area contributed by atoms with Crippen LogP contribution in [0, 0.1) is 5.92 Å². The SMILES string of the molecule is NC1CCCN(C(=O)C2CC(=O)N(C3CCCCCC3)C2)C1. The van der Waals surface area contributed by atoms with Crippen molar-refractivity contribution in [1.82, 2.24) is 9.80 Å². The van der Waals surface area contributed by atoms with Crippen LogP contribution in [-0.4, -0.2) is 53.3 Å². The number of carbonyl (C=O) groups is 2. The molecule has 2 N–H and O–H groups in total. The first-order valence-corrected chi connectivity index (χ1v) is 8.99. The first kappa shape index (κ1) is 15.8. The van der Waals surface area contributed by atoms with E-state index in [9.17, 15) is 9.59 Å². The highest BCUT2D eigenvalue weighted by molar-refractivity contribution is 5.89. The summed E-state index contributed by atoms with van der Waals surface area (Å²) in [5.74, 6) is 0.201. The molecule has 0 radical (unpaired) electrons. The highest BCUT2D eigenvalue weighted by Crippen LogP contribution is 2.29. The standard InChI is InChI=1S/C17H29N3O2/c18-14-6-5-9-19(12-14)17(22)13-10-16(21)20(11-13)15-7-3-1-2-4-8-15/h13-15H,1-12,18H2. The van der Waals surface area contributed by atoms with Gasteiger partial charge in [-0.2, -0.15) is 0 Å². The third-order valence-corrected chi connectivity index (χ3v) is 5.54. The summed E-state index contributed by atoms with van der Waals surface area (Å²) in [5.41, 5.74) is 5.98. The van der Waals surface area contributed by atoms with Crippen molar-refractivity contribution in [2.24, 2.45) is 11.7 Å². The maximum Gasteiger partial charge on any atom is 0.228 e. The van der Waals surface area contributed by atoms with E-state index < -0.39 is 0 Å². The van der Waals surface area contributed by atoms with Crippen LogP contribution in [0.2, 0.25) is 0 Å². The molecule has 5 nitrogen and oxygen atoms in total. The fourth-order valence-electron chi connectivity index (χ4n) is 4.29. The van der Waals surface area contributed by atoms with Crippen molar-refractivity contribution < 1.29 is 9.59 Å². The molecule has 22 heavy (non-hydrogen) atoms. The van der Waals surface area contributed by atoms with E-state index in [1.165, 1.54) is 25.7 Å². The molecule has 0 spiro atoms. The third-order valence-electron chi connectivity index (χ3n) is 5.54. The van der Waals surface area contributed by atoms with Crippen LogP contribution >= 0.6 is 0 Å². The quantitative estimate of drug-likeness (QED) is 0.786. The molecule has 1 saturated carbocycles. The third kappa shape index (κ3) is 3.45. The van der Waals surface area contributed by atoms with Crippen LogP contribution in [0.4, 0.5) is 0 Å². The van der Waals surface area contributed by atoms with E-state index in [4.69, 9.17) is 5.73 Å². The van der Waals surface area contributed by atoms with E-state index in [0.29, 0.717) is 25.6 Å². The average molecular weight is 307 g/mol. The summed E-state index contributed by atoms with van der Waals surface area (Å²) in [7, 11) is 0. The maximum atomic E-state index is 12.7. The minimum atomic E-state index is -0.138. The Kier molecular flexibility index (Phi) is 5.01. The molecule has 0 aromatic heterocycles. The van der Waals surface area contributed by atoms with Gasteiger partial charge in [0.1, 0.15) is 0 Å². The van der Waals surface area contributed by atoms with Gasteiger partial charge < -0.3 is 15.5 Å². The van der Waals surface area contributed by atoms with Crippen LogP contribution in [0.5, 0.6) is 0 Å². The largest absolute Gasteiger partial charge is 0.341 e. The number of hydrogen-bond acceptors (Lipinski definition) is 3. The molecule has 2 amide bonds. The fourth-order valence-corrected chi connectivity index (χ4v) is 4.29. The average Bonchev–Trinajstić information content (AvgIpc) is 2.73. The van der Waals surface area contributed by atoms with Crippen molar-refractivity contribution in [3.05, 3.63) is 0 Å². The van der Waals surface area contributed by atoms with Gasteiger partial charge in [0.05, 0.1) is 5.92 Å². The second-order valence-corrected chi connectivity index (χ2v) is 7.28. The molecule has 2 saturated heterocycles. The van der Waals surface area contributed by atoms with Crippen LogP contribution in [-0.2, 0) is 9.59 Å². The highest BCUT2D eigenvalue weighted by Gasteiger charge is 2.39. The smallest absolute Gasteiger partial charge is 0.228 e. The first-order chi connectivity index (χ1) is 10.6. The fraction of sp³-hybridized carbons (Fsp3) is 0.882. The van der Waals surface area contributed by atoms with Crippen molar-refractivity contribution in [3.8, 4) is 0 Å². The lowest BCUT2D eigenvalue weighted by Gasteiger charge is -2.33. The lowest BCUT2D eigenvalue weighted by atomic mass is 10.0. The molecule has 2 atom stereocenters. The number of likely N-dealkylation sites (tertiary alicyclic amines) is 2. The van der Waals surface area contributed by atoms with Crippen LogP contribution in [0.3, 0.4) is 0 Å². The summed E-state index contributed by atoms with van der Waals surface area (Å²) in [4.78, 5) is 29.0. The molecule has 5 heteroatoms. The number of nitrogens with two attached hydrogens (primary N) is 1. The molecule has 2 unspecified atom stereocenters. The number of nitrogens with zero attached hydrogens (tertiary/aromatic N) is 2. The lowest BCUT2D eigenvalue weighted by molar-refractivity contribution is -0.137. The Labute approximate surface area is 133 Å². The summed E-state index contributed by atoms with van der Waals surface area (Å²) in [6.45, 7) is 2.10. The zero-order chi connectivity index (χ0) is 15.5. The molecular weight excluding hydrogens is 278 g/mol. The molecule has 3 rings (SSSR count). The van der Waals surface area contributed by atoms with Gasteiger partial charge in [-0.05, 0) is 25.7 Å². The van der Waals surface area contributed by atoms with Crippen LogP contribution < -0.4 is 5.73 Å². The maximum absolute atomic E-state index is 12.7. The van der Waals surface area contributed by atoms with Gasteiger partial charge in [0, 0.05) is 38.1 Å². The van der Waals surface area contributed by atoms with Gasteiger partial charge >= 0.3 is 0 Å². The van der Waals surface area contributed by atoms with Crippen molar-refractivity contribution in [2.75, 3.05) is 19.6 Å². The summed E-state index contributed by atoms with van der Waals surface area (Å²) in [6.07, 6.45) is 9.62. The van der Waals surface area contributed by atoms with Gasteiger partial charge in [0.15, 0.2) is 0 Å². The summed E-state index contributed by atoms with van der Waals surface area (Å²) in [6, 6.07) is 0.476. The Hall–Kier alpha value is -1.10. The number of rotatable bonds is 2. The van der Waals surface area contributed by atoms with Gasteiger partial charge in [-0.25, -0.2) is 0 Å². The Bertz CT molecular complexity index is 418. The predicted octanol–water partition coefficient (Wildman–Crippen LogP) is 1.51. The summed E-state index contributed by atoms with van der Waals surface area (Å²) < 4.78 is 0. The number of hydrogen-bond donors (Lipinski definition) is 1. The molecular formula is C17H29N3O2. The minimum absolute atomic E-state index is 0.104. The molecule has 124 valence electrons. The van der Waals surface area contributed by atoms with Gasteiger partial charge in [-0.3, -0.25) is 9.59 Å². The zero-order valence-corrected chi connectivity index (χ0v) is 13.5. The molecule has 0 aromatic rings. The van der Waals surface area contributed by atoms with Gasteiger partial charge in [0.25, 0.3) is 0 Å². The minimum Gasteiger partial charge on any atom is -0.341 e. The highest BCUT2D eigenvalue weighted by atomic mass is 16.2. The number of amides is 2. The Morgan fingerprint density at radius 3 is 2.41 bits per heavy atom. The normalized spacial score (nSPS) is 31.4. The van der Waals surface area contributed by atoms with E-state index in [1.54, 1.807) is 0 Å². The van der Waals surface area contributed by atoms with Crippen molar-refractivity contribution in [1.29, 1.82) is 0 Å². The summed E-state index contributed by atoms with van der Waals surface area (Å²) >= 11 is 0. The Balaban J connectivity index is 1.59. The second-order valence-electron chi connectivity index (χ2n) is 7.28. The number of piperidine rings is 1. The molecule has 0 aromatic carbocycles. The van der Waals surface area contributed by atoms with Gasteiger partial charge in [-0.15, -0.1) is 0 Å². The zero-order valence-electron chi connectivity index (χ0n) is 13.5. The second kappa shape index (κ2) is 6.99. The van der Waals surface area contributed by atoms with Gasteiger partial charge in [-0.1, -0.05) is 25.7 Å². The van der Waals surface area contributed by atoms with E-state index >= 15 is 0 Å². The van der Waals surface area contributed by atoms with E-state index in [0.717, 1.165) is 32.2 Å². The monoisotopic (exact) mass is 307 g/mol. The molecule has 2 aliphatic heterocycles. The van der Waals surface area contributed by atoms with Crippen molar-refractivity contribution in [3.63, 3.8) is 0 Å². The molecule has 3 aliphatic rings. The lowest BCUT2D eigenvalue weighted by Crippen LogP contribution is -2.48. The first-order valence-electron chi connectivity index (χ1n) is 8.99. The molecule has 1 aliphatic carbocycles. The van der Waals surface area contributed by atoms with E-state index in [-0.39, 0.29) is 23.8 Å². The summed E-state index contributed by atoms with van der Waals surface area (Å²) in [5, 5.41) is 0. The van der Waals surface area contributed by atoms with Crippen molar-refractivity contribution >= 4 is 11.8 Å². The van der Waals surface area contributed by atoms with Crippen LogP contribution in [0.25, 0.3) is 0 Å².